The molecular weight excluding hydrogens is 360 g/mol. The third-order valence-corrected chi connectivity index (χ3v) is 6.23. The van der Waals surface area contributed by atoms with Gasteiger partial charge in [0.05, 0.1) is 16.2 Å². The van der Waals surface area contributed by atoms with Gasteiger partial charge >= 0.3 is 0 Å². The SMILES string of the molecule is CNC(=O)c1ccsc1NC(=O)CCCS(=O)(=O)c1ccc(C)cc1. The monoisotopic (exact) mass is 380 g/mol. The summed E-state index contributed by atoms with van der Waals surface area (Å²) in [5.74, 6) is -0.693. The Bertz CT molecular complexity index is 855. The third kappa shape index (κ3) is 5.14. The summed E-state index contributed by atoms with van der Waals surface area (Å²) in [6.07, 6.45) is 0.277. The molecule has 2 aromatic rings. The topological polar surface area (TPSA) is 92.3 Å². The van der Waals surface area contributed by atoms with E-state index in [0.717, 1.165) is 5.56 Å². The molecule has 2 amide bonds. The molecule has 8 heteroatoms. The molecule has 0 spiro atoms. The summed E-state index contributed by atoms with van der Waals surface area (Å²) in [5, 5.41) is 7.34. The Kier molecular flexibility index (Phi) is 6.33. The van der Waals surface area contributed by atoms with E-state index in [4.69, 9.17) is 0 Å². The van der Waals surface area contributed by atoms with Gasteiger partial charge < -0.3 is 10.6 Å². The number of benzene rings is 1. The number of carbonyl (C=O) groups excluding carboxylic acids is 2. The molecule has 0 aliphatic heterocycles. The molecule has 1 aromatic heterocycles. The van der Waals surface area contributed by atoms with E-state index in [0.29, 0.717) is 10.6 Å². The van der Waals surface area contributed by atoms with Crippen molar-refractivity contribution in [2.75, 3.05) is 18.1 Å². The van der Waals surface area contributed by atoms with Crippen LogP contribution in [0.2, 0.25) is 0 Å². The van der Waals surface area contributed by atoms with Crippen molar-refractivity contribution in [1.29, 1.82) is 0 Å². The normalized spacial score (nSPS) is 11.1. The molecule has 6 nitrogen and oxygen atoms in total. The highest BCUT2D eigenvalue weighted by Crippen LogP contribution is 2.23. The molecule has 134 valence electrons. The van der Waals surface area contributed by atoms with Crippen molar-refractivity contribution in [3.8, 4) is 0 Å². The van der Waals surface area contributed by atoms with Crippen LogP contribution in [0.4, 0.5) is 5.00 Å². The van der Waals surface area contributed by atoms with Crippen LogP contribution < -0.4 is 10.6 Å². The Morgan fingerprint density at radius 3 is 2.44 bits per heavy atom. The van der Waals surface area contributed by atoms with E-state index in [1.165, 1.54) is 18.4 Å². The molecule has 0 aliphatic rings. The molecular formula is C17H20N2O4S2. The average Bonchev–Trinajstić information content (AvgIpc) is 3.02. The first-order valence-corrected chi connectivity index (χ1v) is 10.3. The minimum atomic E-state index is -3.40. The van der Waals surface area contributed by atoms with Crippen LogP contribution in [-0.4, -0.2) is 33.0 Å². The quantitative estimate of drug-likeness (QED) is 0.772. The molecule has 2 rings (SSSR count). The lowest BCUT2D eigenvalue weighted by atomic mass is 10.2. The smallest absolute Gasteiger partial charge is 0.254 e. The van der Waals surface area contributed by atoms with Gasteiger partial charge in [-0.3, -0.25) is 9.59 Å². The number of sulfone groups is 1. The molecule has 0 aliphatic carbocycles. The van der Waals surface area contributed by atoms with Crippen LogP contribution in [0.3, 0.4) is 0 Å². The predicted molar refractivity (Wildman–Crippen MR) is 98.8 cm³/mol. The molecule has 0 saturated heterocycles. The Labute approximate surface area is 151 Å². The van der Waals surface area contributed by atoms with Crippen LogP contribution in [0.1, 0.15) is 28.8 Å². The summed E-state index contributed by atoms with van der Waals surface area (Å²) in [7, 11) is -1.89. The van der Waals surface area contributed by atoms with Crippen LogP contribution in [-0.2, 0) is 14.6 Å². The fourth-order valence-corrected chi connectivity index (χ4v) is 4.31. The molecule has 1 aromatic carbocycles. The molecule has 1 heterocycles. The van der Waals surface area contributed by atoms with Gasteiger partial charge in [-0.15, -0.1) is 11.3 Å². The van der Waals surface area contributed by atoms with Crippen molar-refractivity contribution >= 4 is 38.0 Å². The van der Waals surface area contributed by atoms with Crippen molar-refractivity contribution < 1.29 is 18.0 Å². The highest BCUT2D eigenvalue weighted by Gasteiger charge is 2.17. The number of aryl methyl sites for hydroxylation is 1. The predicted octanol–water partition coefficient (Wildman–Crippen LogP) is 2.61. The number of hydrogen-bond acceptors (Lipinski definition) is 5. The zero-order valence-corrected chi connectivity index (χ0v) is 15.7. The highest BCUT2D eigenvalue weighted by molar-refractivity contribution is 7.91. The Morgan fingerprint density at radius 1 is 1.12 bits per heavy atom. The molecule has 25 heavy (non-hydrogen) atoms. The van der Waals surface area contributed by atoms with Gasteiger partial charge in [-0.05, 0) is 36.9 Å². The van der Waals surface area contributed by atoms with E-state index in [1.807, 2.05) is 6.92 Å². The summed E-state index contributed by atoms with van der Waals surface area (Å²) >= 11 is 1.25. The lowest BCUT2D eigenvalue weighted by Gasteiger charge is -2.07. The number of rotatable bonds is 7. The van der Waals surface area contributed by atoms with Crippen molar-refractivity contribution in [2.45, 2.75) is 24.7 Å². The van der Waals surface area contributed by atoms with Gasteiger partial charge in [-0.2, -0.15) is 0 Å². The average molecular weight is 380 g/mol. The van der Waals surface area contributed by atoms with Crippen LogP contribution in [0.25, 0.3) is 0 Å². The second kappa shape index (κ2) is 8.26. The number of thiophene rings is 1. The van der Waals surface area contributed by atoms with Crippen molar-refractivity contribution in [1.82, 2.24) is 5.32 Å². The van der Waals surface area contributed by atoms with E-state index < -0.39 is 9.84 Å². The molecule has 0 fully saturated rings. The van der Waals surface area contributed by atoms with E-state index in [-0.39, 0.29) is 35.3 Å². The molecule has 2 N–H and O–H groups in total. The van der Waals surface area contributed by atoms with Gasteiger partial charge in [0.2, 0.25) is 5.91 Å². The lowest BCUT2D eigenvalue weighted by Crippen LogP contribution is -2.20. The fraction of sp³-hybridized carbons (Fsp3) is 0.294. The molecule has 0 unspecified atom stereocenters. The molecule has 0 saturated carbocycles. The van der Waals surface area contributed by atoms with Gasteiger partial charge in [-0.1, -0.05) is 17.7 Å². The maximum absolute atomic E-state index is 12.2. The summed E-state index contributed by atoms with van der Waals surface area (Å²) < 4.78 is 24.5. The zero-order valence-electron chi connectivity index (χ0n) is 14.0. The first kappa shape index (κ1) is 19.1. The molecule has 0 radical (unpaired) electrons. The maximum atomic E-state index is 12.2. The fourth-order valence-electron chi connectivity index (χ4n) is 2.19. The molecule has 0 bridgehead atoms. The second-order valence-electron chi connectivity index (χ2n) is 5.53. The van der Waals surface area contributed by atoms with Crippen LogP contribution in [0.15, 0.2) is 40.6 Å². The second-order valence-corrected chi connectivity index (χ2v) is 8.55. The largest absolute Gasteiger partial charge is 0.355 e. The summed E-state index contributed by atoms with van der Waals surface area (Å²) in [5.41, 5.74) is 1.38. The van der Waals surface area contributed by atoms with E-state index in [2.05, 4.69) is 10.6 Å². The number of amides is 2. The van der Waals surface area contributed by atoms with E-state index in [1.54, 1.807) is 35.7 Å². The molecule has 0 atom stereocenters. The number of hydrogen-bond donors (Lipinski definition) is 2. The van der Waals surface area contributed by atoms with Gasteiger partial charge in [0.15, 0.2) is 9.84 Å². The van der Waals surface area contributed by atoms with Crippen LogP contribution >= 0.6 is 11.3 Å². The first-order chi connectivity index (χ1) is 11.8. The minimum Gasteiger partial charge on any atom is -0.355 e. The van der Waals surface area contributed by atoms with Crippen molar-refractivity contribution in [3.63, 3.8) is 0 Å². The Hall–Kier alpha value is -2.19. The van der Waals surface area contributed by atoms with Gasteiger partial charge in [-0.25, -0.2) is 8.42 Å². The van der Waals surface area contributed by atoms with Crippen LogP contribution in [0, 0.1) is 6.92 Å². The van der Waals surface area contributed by atoms with E-state index >= 15 is 0 Å². The Morgan fingerprint density at radius 2 is 1.80 bits per heavy atom. The van der Waals surface area contributed by atoms with Crippen LogP contribution in [0.5, 0.6) is 0 Å². The number of carbonyl (C=O) groups is 2. The number of anilines is 1. The van der Waals surface area contributed by atoms with Gasteiger partial charge in [0, 0.05) is 13.5 Å². The van der Waals surface area contributed by atoms with Crippen molar-refractivity contribution in [3.05, 3.63) is 46.8 Å². The highest BCUT2D eigenvalue weighted by atomic mass is 32.2. The minimum absolute atomic E-state index is 0.0657. The summed E-state index contributed by atoms with van der Waals surface area (Å²) in [6.45, 7) is 1.89. The third-order valence-electron chi connectivity index (χ3n) is 3.59. The van der Waals surface area contributed by atoms with E-state index in [9.17, 15) is 18.0 Å². The Balaban J connectivity index is 1.89. The van der Waals surface area contributed by atoms with Gasteiger partial charge in [0.25, 0.3) is 5.91 Å². The summed E-state index contributed by atoms with van der Waals surface area (Å²) in [4.78, 5) is 23.9. The lowest BCUT2D eigenvalue weighted by molar-refractivity contribution is -0.116. The van der Waals surface area contributed by atoms with Gasteiger partial charge in [0.1, 0.15) is 5.00 Å². The standard InChI is InChI=1S/C17H20N2O4S2/c1-12-5-7-13(8-6-12)25(22,23)11-3-4-15(20)19-17-14(9-10-24-17)16(21)18-2/h5-10H,3-4,11H2,1-2H3,(H,18,21)(H,19,20). The van der Waals surface area contributed by atoms with Crippen molar-refractivity contribution in [2.24, 2.45) is 0 Å². The number of nitrogens with one attached hydrogen (secondary N) is 2. The maximum Gasteiger partial charge on any atom is 0.254 e. The zero-order chi connectivity index (χ0) is 18.4. The summed E-state index contributed by atoms with van der Waals surface area (Å²) in [6, 6.07) is 8.27. The first-order valence-electron chi connectivity index (χ1n) is 7.72.